The van der Waals surface area contributed by atoms with Crippen molar-refractivity contribution >= 4 is 66.7 Å². The van der Waals surface area contributed by atoms with Crippen LogP contribution in [0.15, 0.2) is 45.3 Å². The second-order valence-electron chi connectivity index (χ2n) is 3.69. The minimum Gasteiger partial charge on any atom is -0.112 e. The zero-order chi connectivity index (χ0) is 13.3. The molecule has 2 aromatic rings. The molecule has 0 bridgehead atoms. The molecule has 0 aliphatic rings. The van der Waals surface area contributed by atoms with Crippen molar-refractivity contribution in [3.63, 3.8) is 0 Å². The maximum Gasteiger partial charge on any atom is 0.0860 e. The number of halogens is 5. The van der Waals surface area contributed by atoms with E-state index in [-0.39, 0.29) is 5.38 Å². The molecule has 0 heterocycles. The van der Waals surface area contributed by atoms with E-state index in [2.05, 4.69) is 31.9 Å². The lowest BCUT2D eigenvalue weighted by Crippen LogP contribution is -1.95. The van der Waals surface area contributed by atoms with Gasteiger partial charge in [0.25, 0.3) is 0 Å². The fraction of sp³-hybridized carbons (Fsp3) is 0.0769. The molecule has 94 valence electrons. The van der Waals surface area contributed by atoms with Gasteiger partial charge in [-0.3, -0.25) is 0 Å². The fourth-order valence-corrected chi connectivity index (χ4v) is 3.94. The van der Waals surface area contributed by atoms with Crippen molar-refractivity contribution in [2.75, 3.05) is 0 Å². The zero-order valence-corrected chi connectivity index (χ0v) is 14.4. The molecule has 5 heteroatoms. The van der Waals surface area contributed by atoms with Crippen molar-refractivity contribution < 1.29 is 0 Å². The Bertz CT molecular complexity index is 533. The van der Waals surface area contributed by atoms with Crippen LogP contribution < -0.4 is 0 Å². The van der Waals surface area contributed by atoms with Gasteiger partial charge in [0, 0.05) is 19.0 Å². The summed E-state index contributed by atoms with van der Waals surface area (Å²) in [4.78, 5) is 0. The Kier molecular flexibility index (Phi) is 5.01. The highest BCUT2D eigenvalue weighted by Gasteiger charge is 2.17. The van der Waals surface area contributed by atoms with E-state index in [1.54, 1.807) is 12.1 Å². The molecule has 0 saturated carbocycles. The Balaban J connectivity index is 2.44. The van der Waals surface area contributed by atoms with Crippen LogP contribution >= 0.6 is 66.7 Å². The van der Waals surface area contributed by atoms with Crippen molar-refractivity contribution in [1.82, 2.24) is 0 Å². The van der Waals surface area contributed by atoms with Crippen LogP contribution in [0.25, 0.3) is 0 Å². The third-order valence-electron chi connectivity index (χ3n) is 2.47. The molecule has 0 spiro atoms. The van der Waals surface area contributed by atoms with Crippen molar-refractivity contribution in [3.8, 4) is 0 Å². The summed E-state index contributed by atoms with van der Waals surface area (Å²) in [5.74, 6) is 0. The van der Waals surface area contributed by atoms with Gasteiger partial charge < -0.3 is 0 Å². The summed E-state index contributed by atoms with van der Waals surface area (Å²) in [7, 11) is 0. The van der Waals surface area contributed by atoms with Crippen LogP contribution in [0.1, 0.15) is 16.5 Å². The summed E-state index contributed by atoms with van der Waals surface area (Å²) in [6.45, 7) is 0. The molecular weight excluding hydrogens is 422 g/mol. The molecule has 0 amide bonds. The number of hydrogen-bond donors (Lipinski definition) is 0. The molecule has 1 atom stereocenters. The number of hydrogen-bond acceptors (Lipinski definition) is 0. The lowest BCUT2D eigenvalue weighted by atomic mass is 10.0. The van der Waals surface area contributed by atoms with Crippen LogP contribution in [-0.4, -0.2) is 0 Å². The minimum atomic E-state index is -0.322. The average Bonchev–Trinajstić information content (AvgIpc) is 2.28. The highest BCUT2D eigenvalue weighted by molar-refractivity contribution is 9.11. The Morgan fingerprint density at radius 2 is 1.56 bits per heavy atom. The third kappa shape index (κ3) is 3.23. The summed E-state index contributed by atoms with van der Waals surface area (Å²) in [5.41, 5.74) is 1.80. The van der Waals surface area contributed by atoms with E-state index >= 15 is 0 Å². The second kappa shape index (κ2) is 6.15. The summed E-state index contributed by atoms with van der Waals surface area (Å²) >= 11 is 25.4. The Morgan fingerprint density at radius 1 is 0.889 bits per heavy atom. The number of alkyl halides is 1. The molecule has 0 aliphatic carbocycles. The SMILES string of the molecule is Clc1ccc(C(Cl)c2ccc(Br)cc2Br)c(Cl)c1. The normalized spacial score (nSPS) is 12.5. The van der Waals surface area contributed by atoms with Crippen LogP contribution in [0.2, 0.25) is 10.0 Å². The van der Waals surface area contributed by atoms with E-state index in [1.165, 1.54) is 0 Å². The van der Waals surface area contributed by atoms with Gasteiger partial charge in [0.1, 0.15) is 0 Å². The molecule has 0 aromatic heterocycles. The van der Waals surface area contributed by atoms with Crippen LogP contribution in [0, 0.1) is 0 Å². The van der Waals surface area contributed by atoms with E-state index < -0.39 is 0 Å². The molecule has 2 aromatic carbocycles. The average molecular weight is 429 g/mol. The monoisotopic (exact) mass is 426 g/mol. The van der Waals surface area contributed by atoms with E-state index in [1.807, 2.05) is 24.3 Å². The van der Waals surface area contributed by atoms with Crippen LogP contribution in [0.4, 0.5) is 0 Å². The molecule has 0 nitrogen and oxygen atoms in total. The lowest BCUT2D eigenvalue weighted by molar-refractivity contribution is 1.13. The lowest BCUT2D eigenvalue weighted by Gasteiger charge is -2.14. The summed E-state index contributed by atoms with van der Waals surface area (Å²) in [5, 5.41) is 0.844. The van der Waals surface area contributed by atoms with E-state index in [0.717, 1.165) is 20.1 Å². The van der Waals surface area contributed by atoms with Crippen LogP contribution in [0.5, 0.6) is 0 Å². The van der Waals surface area contributed by atoms with Gasteiger partial charge in [0.2, 0.25) is 0 Å². The third-order valence-corrected chi connectivity index (χ3v) is 4.68. The van der Waals surface area contributed by atoms with Crippen molar-refractivity contribution in [2.45, 2.75) is 5.38 Å². The van der Waals surface area contributed by atoms with Crippen molar-refractivity contribution in [2.24, 2.45) is 0 Å². The maximum atomic E-state index is 6.47. The fourth-order valence-electron chi connectivity index (χ4n) is 1.58. The van der Waals surface area contributed by atoms with Gasteiger partial charge in [-0.15, -0.1) is 11.6 Å². The molecule has 2 rings (SSSR count). The van der Waals surface area contributed by atoms with Crippen molar-refractivity contribution in [1.29, 1.82) is 0 Å². The second-order valence-corrected chi connectivity index (χ2v) is 6.74. The zero-order valence-electron chi connectivity index (χ0n) is 8.93. The van der Waals surface area contributed by atoms with Gasteiger partial charge in [-0.2, -0.15) is 0 Å². The molecule has 0 fully saturated rings. The van der Waals surface area contributed by atoms with Gasteiger partial charge in [-0.05, 0) is 35.4 Å². The summed E-state index contributed by atoms with van der Waals surface area (Å²) in [6.07, 6.45) is 0. The first kappa shape index (κ1) is 14.7. The first-order valence-electron chi connectivity index (χ1n) is 5.03. The van der Waals surface area contributed by atoms with Crippen molar-refractivity contribution in [3.05, 3.63) is 66.5 Å². The molecule has 1 unspecified atom stereocenters. The maximum absolute atomic E-state index is 6.47. The van der Waals surface area contributed by atoms with Crippen LogP contribution in [0.3, 0.4) is 0 Å². The van der Waals surface area contributed by atoms with Gasteiger partial charge in [-0.1, -0.05) is 67.2 Å². The molecule has 0 aliphatic heterocycles. The summed E-state index contributed by atoms with van der Waals surface area (Å²) in [6, 6.07) is 11.2. The first-order valence-corrected chi connectivity index (χ1v) is 7.81. The van der Waals surface area contributed by atoms with E-state index in [0.29, 0.717) is 10.0 Å². The predicted molar refractivity (Wildman–Crippen MR) is 86.0 cm³/mol. The molecular formula is C13H7Br2Cl3. The quantitative estimate of drug-likeness (QED) is 0.458. The number of benzene rings is 2. The highest BCUT2D eigenvalue weighted by atomic mass is 79.9. The predicted octanol–water partition coefficient (Wildman–Crippen LogP) is 6.85. The van der Waals surface area contributed by atoms with Gasteiger partial charge >= 0.3 is 0 Å². The van der Waals surface area contributed by atoms with Gasteiger partial charge in [0.15, 0.2) is 0 Å². The van der Waals surface area contributed by atoms with E-state index in [4.69, 9.17) is 34.8 Å². The Morgan fingerprint density at radius 3 is 2.17 bits per heavy atom. The molecule has 0 radical (unpaired) electrons. The van der Waals surface area contributed by atoms with E-state index in [9.17, 15) is 0 Å². The van der Waals surface area contributed by atoms with Gasteiger partial charge in [-0.25, -0.2) is 0 Å². The number of rotatable bonds is 2. The van der Waals surface area contributed by atoms with Crippen LogP contribution in [-0.2, 0) is 0 Å². The Labute approximate surface area is 137 Å². The molecule has 0 saturated heterocycles. The highest BCUT2D eigenvalue weighted by Crippen LogP contribution is 2.38. The standard InChI is InChI=1S/C13H7Br2Cl3/c14-7-1-3-9(11(15)5-7)13(18)10-4-2-8(16)6-12(10)17/h1-6,13H. The van der Waals surface area contributed by atoms with Gasteiger partial charge in [0.05, 0.1) is 5.38 Å². The largest absolute Gasteiger partial charge is 0.112 e. The summed E-state index contributed by atoms with van der Waals surface area (Å²) < 4.78 is 1.92. The minimum absolute atomic E-state index is 0.322. The Hall–Kier alpha value is 0.270. The topological polar surface area (TPSA) is 0 Å². The smallest absolute Gasteiger partial charge is 0.0860 e. The first-order chi connectivity index (χ1) is 8.49. The molecule has 18 heavy (non-hydrogen) atoms. The molecule has 0 N–H and O–H groups in total.